The van der Waals surface area contributed by atoms with Crippen LogP contribution in [0, 0.1) is 5.82 Å². The number of hydrogen-bond donors (Lipinski definition) is 0. The van der Waals surface area contributed by atoms with Crippen molar-refractivity contribution in [1.29, 1.82) is 0 Å². The number of carbonyl (C=O) groups excluding carboxylic acids is 1. The highest BCUT2D eigenvalue weighted by Crippen LogP contribution is 2.35. The lowest BCUT2D eigenvalue weighted by molar-refractivity contribution is -0.0494. The molecular weight excluding hydrogens is 415 g/mol. The molecule has 0 radical (unpaired) electrons. The van der Waals surface area contributed by atoms with Gasteiger partial charge in [-0.1, -0.05) is 24.3 Å². The van der Waals surface area contributed by atoms with E-state index in [0.717, 1.165) is 27.6 Å². The number of amides is 1. The first-order valence-electron chi connectivity index (χ1n) is 10.4. The van der Waals surface area contributed by atoms with Crippen molar-refractivity contribution in [1.82, 2.24) is 4.90 Å². The zero-order valence-electron chi connectivity index (χ0n) is 17.2. The second-order valence-electron chi connectivity index (χ2n) is 8.10. The lowest BCUT2D eigenvalue weighted by Gasteiger charge is -2.31. The van der Waals surface area contributed by atoms with E-state index in [0.29, 0.717) is 11.1 Å². The van der Waals surface area contributed by atoms with Crippen molar-refractivity contribution < 1.29 is 22.4 Å². The molecule has 0 unspecified atom stereocenters. The third-order valence-electron chi connectivity index (χ3n) is 5.95. The molecule has 1 aromatic heterocycles. The van der Waals surface area contributed by atoms with E-state index in [1.807, 2.05) is 30.3 Å². The minimum atomic E-state index is -2.69. The highest BCUT2D eigenvalue weighted by atomic mass is 19.3. The van der Waals surface area contributed by atoms with Crippen LogP contribution < -0.4 is 0 Å². The third kappa shape index (κ3) is 3.88. The van der Waals surface area contributed by atoms with Crippen LogP contribution in [0.2, 0.25) is 0 Å². The van der Waals surface area contributed by atoms with Crippen LogP contribution in [0.25, 0.3) is 33.2 Å². The quantitative estimate of drug-likeness (QED) is 0.356. The van der Waals surface area contributed by atoms with Crippen LogP contribution in [0.1, 0.15) is 23.2 Å². The average Bonchev–Trinajstić information content (AvgIpc) is 3.27. The number of rotatable bonds is 3. The number of halogens is 3. The Morgan fingerprint density at radius 1 is 0.844 bits per heavy atom. The Labute approximate surface area is 183 Å². The van der Waals surface area contributed by atoms with Gasteiger partial charge in [0.2, 0.25) is 0 Å². The molecule has 1 fully saturated rings. The highest BCUT2D eigenvalue weighted by molar-refractivity contribution is 5.97. The van der Waals surface area contributed by atoms with Gasteiger partial charge in [0.25, 0.3) is 11.8 Å². The van der Waals surface area contributed by atoms with E-state index >= 15 is 0 Å². The first kappa shape index (κ1) is 20.4. The van der Waals surface area contributed by atoms with Gasteiger partial charge in [-0.15, -0.1) is 0 Å². The molecule has 0 saturated carbocycles. The SMILES string of the molecule is O=C(c1ccc(-c2cc(-c3ccc(F)cc3)c3occc3c2)cc1)N1CCC(F)(F)CC1. The van der Waals surface area contributed by atoms with Crippen molar-refractivity contribution in [2.75, 3.05) is 13.1 Å². The smallest absolute Gasteiger partial charge is 0.253 e. The molecule has 1 saturated heterocycles. The maximum atomic E-state index is 13.4. The number of carbonyl (C=O) groups is 1. The van der Waals surface area contributed by atoms with E-state index < -0.39 is 5.92 Å². The number of hydrogen-bond acceptors (Lipinski definition) is 2. The van der Waals surface area contributed by atoms with E-state index in [2.05, 4.69) is 0 Å². The van der Waals surface area contributed by atoms with Gasteiger partial charge >= 0.3 is 0 Å². The highest BCUT2D eigenvalue weighted by Gasteiger charge is 2.35. The van der Waals surface area contributed by atoms with Gasteiger partial charge in [-0.05, 0) is 59.2 Å². The van der Waals surface area contributed by atoms with Crippen molar-refractivity contribution in [2.24, 2.45) is 0 Å². The van der Waals surface area contributed by atoms with E-state index in [4.69, 9.17) is 4.42 Å². The number of piperidine rings is 1. The summed E-state index contributed by atoms with van der Waals surface area (Å²) in [5, 5.41) is 0.913. The van der Waals surface area contributed by atoms with Crippen LogP contribution in [-0.4, -0.2) is 29.8 Å². The molecule has 0 spiro atoms. The molecule has 0 aliphatic carbocycles. The first-order valence-corrected chi connectivity index (χ1v) is 10.4. The summed E-state index contributed by atoms with van der Waals surface area (Å²) in [6.07, 6.45) is 1.02. The minimum Gasteiger partial charge on any atom is -0.464 e. The number of fused-ring (bicyclic) bond motifs is 1. The fourth-order valence-corrected chi connectivity index (χ4v) is 4.12. The number of nitrogens with zero attached hydrogens (tertiary/aromatic N) is 1. The van der Waals surface area contributed by atoms with Crippen LogP contribution in [0.15, 0.2) is 77.4 Å². The number of furan rings is 1. The van der Waals surface area contributed by atoms with Crippen molar-refractivity contribution in [3.8, 4) is 22.3 Å². The molecule has 0 atom stereocenters. The molecule has 4 aromatic rings. The van der Waals surface area contributed by atoms with Gasteiger partial charge in [0.05, 0.1) is 6.26 Å². The first-order chi connectivity index (χ1) is 15.4. The Kier molecular flexibility index (Phi) is 5.00. The second-order valence-corrected chi connectivity index (χ2v) is 8.10. The summed E-state index contributed by atoms with van der Waals surface area (Å²) in [4.78, 5) is 14.2. The fraction of sp³-hybridized carbons (Fsp3) is 0.192. The van der Waals surface area contributed by atoms with Crippen molar-refractivity contribution >= 4 is 16.9 Å². The average molecular weight is 435 g/mol. The number of benzene rings is 3. The Morgan fingerprint density at radius 2 is 1.50 bits per heavy atom. The molecule has 32 heavy (non-hydrogen) atoms. The Hall–Kier alpha value is -3.54. The molecule has 0 bridgehead atoms. The summed E-state index contributed by atoms with van der Waals surface area (Å²) in [6.45, 7) is 0.123. The monoisotopic (exact) mass is 435 g/mol. The summed E-state index contributed by atoms with van der Waals surface area (Å²) in [5.74, 6) is -3.23. The van der Waals surface area contributed by atoms with Crippen LogP contribution in [-0.2, 0) is 0 Å². The van der Waals surface area contributed by atoms with Crippen LogP contribution in [0.5, 0.6) is 0 Å². The van der Waals surface area contributed by atoms with Crippen LogP contribution in [0.4, 0.5) is 13.2 Å². The predicted molar refractivity (Wildman–Crippen MR) is 117 cm³/mol. The molecule has 0 N–H and O–H groups in total. The normalized spacial score (nSPS) is 15.8. The largest absolute Gasteiger partial charge is 0.464 e. The summed E-state index contributed by atoms with van der Waals surface area (Å²) in [6, 6.07) is 19.2. The summed E-state index contributed by atoms with van der Waals surface area (Å²) in [7, 11) is 0. The molecule has 3 aromatic carbocycles. The minimum absolute atomic E-state index is 0.0613. The van der Waals surface area contributed by atoms with E-state index in [1.54, 1.807) is 30.5 Å². The van der Waals surface area contributed by atoms with Gasteiger partial charge in [0.15, 0.2) is 0 Å². The Balaban J connectivity index is 1.45. The van der Waals surface area contributed by atoms with Crippen LogP contribution in [0.3, 0.4) is 0 Å². The molecule has 6 heteroatoms. The molecule has 1 aliphatic heterocycles. The van der Waals surface area contributed by atoms with Gasteiger partial charge < -0.3 is 9.32 Å². The lowest BCUT2D eigenvalue weighted by Crippen LogP contribution is -2.42. The predicted octanol–water partition coefficient (Wildman–Crippen LogP) is 6.78. The van der Waals surface area contributed by atoms with Gasteiger partial charge in [-0.25, -0.2) is 13.2 Å². The van der Waals surface area contributed by atoms with E-state index in [1.165, 1.54) is 17.0 Å². The fourth-order valence-electron chi connectivity index (χ4n) is 4.12. The lowest BCUT2D eigenvalue weighted by atomic mass is 9.96. The topological polar surface area (TPSA) is 33.5 Å². The van der Waals surface area contributed by atoms with Gasteiger partial charge in [0, 0.05) is 42.4 Å². The molecular formula is C26H20F3NO2. The van der Waals surface area contributed by atoms with Gasteiger partial charge in [0.1, 0.15) is 11.4 Å². The van der Waals surface area contributed by atoms with Crippen molar-refractivity contribution in [3.05, 3.63) is 84.4 Å². The Morgan fingerprint density at radius 3 is 2.19 bits per heavy atom. The van der Waals surface area contributed by atoms with Gasteiger partial charge in [-0.2, -0.15) is 0 Å². The second kappa shape index (κ2) is 7.86. The summed E-state index contributed by atoms with van der Waals surface area (Å²) in [5.41, 5.74) is 4.70. The number of alkyl halides is 2. The molecule has 162 valence electrons. The van der Waals surface area contributed by atoms with Crippen molar-refractivity contribution in [3.63, 3.8) is 0 Å². The van der Waals surface area contributed by atoms with Crippen molar-refractivity contribution in [2.45, 2.75) is 18.8 Å². The molecule has 1 amide bonds. The molecule has 3 nitrogen and oxygen atoms in total. The maximum Gasteiger partial charge on any atom is 0.253 e. The van der Waals surface area contributed by atoms with Crippen LogP contribution >= 0.6 is 0 Å². The zero-order chi connectivity index (χ0) is 22.3. The zero-order valence-corrected chi connectivity index (χ0v) is 17.2. The maximum absolute atomic E-state index is 13.4. The summed E-state index contributed by atoms with van der Waals surface area (Å²) >= 11 is 0. The van der Waals surface area contributed by atoms with Gasteiger partial charge in [-0.3, -0.25) is 4.79 Å². The Bertz CT molecular complexity index is 1270. The third-order valence-corrected chi connectivity index (χ3v) is 5.95. The van der Waals surface area contributed by atoms with E-state index in [-0.39, 0.29) is 37.7 Å². The molecule has 5 rings (SSSR count). The molecule has 1 aliphatic rings. The standard InChI is InChI=1S/C26H20F3NO2/c27-22-7-5-18(6-8-22)23-16-21(15-20-9-14-32-24(20)23)17-1-3-19(4-2-17)25(31)30-12-10-26(28,29)11-13-30/h1-9,14-16H,10-13H2. The molecule has 2 heterocycles. The van der Waals surface area contributed by atoms with E-state index in [9.17, 15) is 18.0 Å². The number of likely N-dealkylation sites (tertiary alicyclic amines) is 1. The summed E-state index contributed by atoms with van der Waals surface area (Å²) < 4.78 is 45.8.